The van der Waals surface area contributed by atoms with Gasteiger partial charge in [-0.05, 0) is 52.5 Å². The van der Waals surface area contributed by atoms with Gasteiger partial charge in [-0.3, -0.25) is 0 Å². The highest BCUT2D eigenvalue weighted by molar-refractivity contribution is 9.10. The normalized spacial score (nSPS) is 11.0. The van der Waals surface area contributed by atoms with Gasteiger partial charge in [0.2, 0.25) is 0 Å². The molecule has 15 heavy (non-hydrogen) atoms. The molecule has 0 spiro atoms. The lowest BCUT2D eigenvalue weighted by atomic mass is 10.0. The van der Waals surface area contributed by atoms with E-state index in [0.717, 1.165) is 10.2 Å². The van der Waals surface area contributed by atoms with Gasteiger partial charge in [-0.1, -0.05) is 12.2 Å². The third kappa shape index (κ3) is 2.61. The van der Waals surface area contributed by atoms with Crippen molar-refractivity contribution < 1.29 is 4.74 Å². The summed E-state index contributed by atoms with van der Waals surface area (Å²) in [7, 11) is 1.67. The molecule has 82 valence electrons. The number of benzene rings is 1. The van der Waals surface area contributed by atoms with E-state index in [2.05, 4.69) is 35.9 Å². The summed E-state index contributed by atoms with van der Waals surface area (Å²) >= 11 is 3.53. The number of aryl methyl sites for hydroxylation is 1. The summed E-state index contributed by atoms with van der Waals surface area (Å²) in [5.74, 6) is 0.870. The molecule has 2 nitrogen and oxygen atoms in total. The minimum atomic E-state index is 0.558. The molecule has 0 saturated heterocycles. The second-order valence-corrected chi connectivity index (χ2v) is 4.18. The van der Waals surface area contributed by atoms with Crippen LogP contribution in [0.4, 0.5) is 0 Å². The van der Waals surface area contributed by atoms with Gasteiger partial charge in [-0.2, -0.15) is 0 Å². The summed E-state index contributed by atoms with van der Waals surface area (Å²) in [4.78, 5) is 0. The monoisotopic (exact) mass is 269 g/mol. The van der Waals surface area contributed by atoms with Gasteiger partial charge in [0.25, 0.3) is 0 Å². The second kappa shape index (κ2) is 5.33. The summed E-state index contributed by atoms with van der Waals surface area (Å²) in [6, 6.07) is 2.02. The van der Waals surface area contributed by atoms with Crippen molar-refractivity contribution in [1.29, 1.82) is 0 Å². The highest BCUT2D eigenvalue weighted by atomic mass is 79.9. The maximum absolute atomic E-state index is 5.45. The number of halogens is 1. The molecular weight excluding hydrogens is 254 g/mol. The smallest absolute Gasteiger partial charge is 0.133 e. The average Bonchev–Trinajstić information content (AvgIpc) is 2.23. The number of methoxy groups -OCH3 is 1. The molecule has 0 aromatic heterocycles. The van der Waals surface area contributed by atoms with Crippen LogP contribution in [0, 0.1) is 13.8 Å². The first kappa shape index (κ1) is 12.3. The highest BCUT2D eigenvalue weighted by Crippen LogP contribution is 2.33. The Morgan fingerprint density at radius 2 is 2.13 bits per heavy atom. The number of ether oxygens (including phenoxy) is 1. The number of rotatable bonds is 3. The lowest BCUT2D eigenvalue weighted by molar-refractivity contribution is 0.411. The van der Waals surface area contributed by atoms with Crippen molar-refractivity contribution in [3.8, 4) is 5.75 Å². The molecule has 1 aromatic carbocycles. The summed E-state index contributed by atoms with van der Waals surface area (Å²) in [5, 5.41) is 0. The molecule has 1 aromatic rings. The van der Waals surface area contributed by atoms with E-state index in [-0.39, 0.29) is 0 Å². The van der Waals surface area contributed by atoms with E-state index >= 15 is 0 Å². The Morgan fingerprint density at radius 1 is 1.47 bits per heavy atom. The first-order chi connectivity index (χ1) is 7.11. The summed E-state index contributed by atoms with van der Waals surface area (Å²) in [5.41, 5.74) is 9.02. The van der Waals surface area contributed by atoms with E-state index in [1.165, 1.54) is 16.7 Å². The van der Waals surface area contributed by atoms with E-state index < -0.39 is 0 Å². The van der Waals surface area contributed by atoms with Gasteiger partial charge in [-0.25, -0.2) is 0 Å². The van der Waals surface area contributed by atoms with Gasteiger partial charge in [-0.15, -0.1) is 0 Å². The van der Waals surface area contributed by atoms with Crippen molar-refractivity contribution in [1.82, 2.24) is 0 Å². The maximum atomic E-state index is 5.45. The van der Waals surface area contributed by atoms with Crippen LogP contribution in [-0.4, -0.2) is 13.7 Å². The van der Waals surface area contributed by atoms with Crippen LogP contribution >= 0.6 is 15.9 Å². The largest absolute Gasteiger partial charge is 0.496 e. The Bertz CT molecular complexity index is 386. The first-order valence-electron chi connectivity index (χ1n) is 4.82. The van der Waals surface area contributed by atoms with Crippen LogP contribution in [0.3, 0.4) is 0 Å². The van der Waals surface area contributed by atoms with Crippen LogP contribution in [-0.2, 0) is 0 Å². The van der Waals surface area contributed by atoms with Crippen molar-refractivity contribution in [2.45, 2.75) is 13.8 Å². The third-order valence-corrected chi connectivity index (χ3v) is 3.35. The van der Waals surface area contributed by atoms with Crippen molar-refractivity contribution in [3.05, 3.63) is 33.3 Å². The molecule has 0 bridgehead atoms. The van der Waals surface area contributed by atoms with Gasteiger partial charge in [0, 0.05) is 6.54 Å². The molecule has 0 atom stereocenters. The van der Waals surface area contributed by atoms with Gasteiger partial charge < -0.3 is 10.5 Å². The zero-order valence-corrected chi connectivity index (χ0v) is 10.9. The molecule has 3 heteroatoms. The molecule has 0 unspecified atom stereocenters. The molecule has 0 amide bonds. The molecule has 0 radical (unpaired) electrons. The number of hydrogen-bond donors (Lipinski definition) is 1. The Kier molecular flexibility index (Phi) is 4.36. The van der Waals surface area contributed by atoms with Gasteiger partial charge in [0.05, 0.1) is 11.6 Å². The predicted molar refractivity (Wildman–Crippen MR) is 68.3 cm³/mol. The van der Waals surface area contributed by atoms with Gasteiger partial charge >= 0.3 is 0 Å². The van der Waals surface area contributed by atoms with Gasteiger partial charge in [0.15, 0.2) is 0 Å². The molecule has 0 aliphatic rings. The van der Waals surface area contributed by atoms with Crippen molar-refractivity contribution >= 4 is 22.0 Å². The van der Waals surface area contributed by atoms with E-state index in [0.29, 0.717) is 6.54 Å². The average molecular weight is 270 g/mol. The van der Waals surface area contributed by atoms with Crippen LogP contribution < -0.4 is 10.5 Å². The lowest BCUT2D eigenvalue weighted by Gasteiger charge is -2.12. The fourth-order valence-corrected chi connectivity index (χ4v) is 2.02. The molecule has 0 aliphatic heterocycles. The minimum absolute atomic E-state index is 0.558. The summed E-state index contributed by atoms with van der Waals surface area (Å²) in [6.45, 7) is 4.69. The van der Waals surface area contributed by atoms with Crippen LogP contribution in [0.1, 0.15) is 16.7 Å². The molecule has 2 N–H and O–H groups in total. The van der Waals surface area contributed by atoms with E-state index in [9.17, 15) is 0 Å². The molecule has 1 rings (SSSR count). The fourth-order valence-electron chi connectivity index (χ4n) is 1.53. The van der Waals surface area contributed by atoms with Crippen molar-refractivity contribution in [2.75, 3.05) is 13.7 Å². The topological polar surface area (TPSA) is 35.2 Å². The van der Waals surface area contributed by atoms with Crippen LogP contribution in [0.2, 0.25) is 0 Å². The molecule has 0 heterocycles. The zero-order valence-electron chi connectivity index (χ0n) is 9.30. The van der Waals surface area contributed by atoms with Gasteiger partial charge in [0.1, 0.15) is 5.75 Å². The zero-order chi connectivity index (χ0) is 11.4. The summed E-state index contributed by atoms with van der Waals surface area (Å²) < 4.78 is 6.28. The molecule has 0 fully saturated rings. The summed E-state index contributed by atoms with van der Waals surface area (Å²) in [6.07, 6.45) is 4.00. The first-order valence-corrected chi connectivity index (χ1v) is 5.61. The van der Waals surface area contributed by atoms with Crippen molar-refractivity contribution in [3.63, 3.8) is 0 Å². The third-order valence-electron chi connectivity index (χ3n) is 2.36. The number of hydrogen-bond acceptors (Lipinski definition) is 2. The lowest BCUT2D eigenvalue weighted by Crippen LogP contribution is -1.95. The number of nitrogens with two attached hydrogens (primary N) is 1. The molecular formula is C12H16BrNO. The Labute approximate surface area is 99.3 Å². The Morgan fingerprint density at radius 3 is 2.67 bits per heavy atom. The standard InChI is InChI=1S/C12H16BrNO/c1-8-7-11(15-3)12(13)9(2)10(8)5-4-6-14/h4-5,7H,6,14H2,1-3H3/b5-4+. The molecule has 0 aliphatic carbocycles. The fraction of sp³-hybridized carbons (Fsp3) is 0.333. The Balaban J connectivity index is 3.29. The minimum Gasteiger partial charge on any atom is -0.496 e. The van der Waals surface area contributed by atoms with E-state index in [1.54, 1.807) is 7.11 Å². The predicted octanol–water partition coefficient (Wildman–Crippen LogP) is 3.05. The van der Waals surface area contributed by atoms with Crippen LogP contribution in [0.25, 0.3) is 6.08 Å². The molecule has 0 saturated carbocycles. The Hall–Kier alpha value is -0.800. The highest BCUT2D eigenvalue weighted by Gasteiger charge is 2.09. The maximum Gasteiger partial charge on any atom is 0.133 e. The quantitative estimate of drug-likeness (QED) is 0.916. The van der Waals surface area contributed by atoms with Crippen LogP contribution in [0.5, 0.6) is 5.75 Å². The second-order valence-electron chi connectivity index (χ2n) is 3.39. The van der Waals surface area contributed by atoms with Crippen molar-refractivity contribution in [2.24, 2.45) is 5.73 Å². The SMILES string of the molecule is COc1cc(C)c(/C=C/CN)c(C)c1Br. The van der Waals surface area contributed by atoms with E-state index in [4.69, 9.17) is 10.5 Å². The van der Waals surface area contributed by atoms with E-state index in [1.807, 2.05) is 12.1 Å². The van der Waals surface area contributed by atoms with Crippen LogP contribution in [0.15, 0.2) is 16.6 Å².